The van der Waals surface area contributed by atoms with Crippen LogP contribution in [-0.2, 0) is 22.7 Å². The minimum atomic E-state index is -0.562. The Hall–Kier alpha value is -1.90. The van der Waals surface area contributed by atoms with Gasteiger partial charge in [-0.25, -0.2) is 0 Å². The van der Waals surface area contributed by atoms with Gasteiger partial charge in [-0.1, -0.05) is 18.2 Å². The van der Waals surface area contributed by atoms with Crippen LogP contribution in [0, 0.1) is 0 Å². The molecular weight excluding hydrogens is 376 g/mol. The van der Waals surface area contributed by atoms with E-state index in [0.29, 0.717) is 31.1 Å². The molecule has 3 aliphatic heterocycles. The van der Waals surface area contributed by atoms with Crippen molar-refractivity contribution >= 4 is 29.5 Å². The molecule has 4 rings (SSSR count). The summed E-state index contributed by atoms with van der Waals surface area (Å²) in [6.45, 7) is 3.04. The second kappa shape index (κ2) is 8.63. The van der Waals surface area contributed by atoms with Crippen molar-refractivity contribution in [1.82, 2.24) is 20.9 Å². The van der Waals surface area contributed by atoms with E-state index in [2.05, 4.69) is 16.0 Å². The number of rotatable bonds is 6. The highest BCUT2D eigenvalue weighted by molar-refractivity contribution is 7.99. The number of hydrogen-bond donors (Lipinski definition) is 3. The topological polar surface area (TPSA) is 90.5 Å². The number of amides is 3. The molecule has 0 aliphatic carbocycles. The van der Waals surface area contributed by atoms with Crippen molar-refractivity contribution in [2.24, 2.45) is 0 Å². The summed E-state index contributed by atoms with van der Waals surface area (Å²) >= 11 is 1.99. The van der Waals surface area contributed by atoms with Crippen LogP contribution in [0.25, 0.3) is 0 Å². The molecule has 28 heavy (non-hydrogen) atoms. The van der Waals surface area contributed by atoms with Crippen molar-refractivity contribution in [2.45, 2.75) is 44.4 Å². The van der Waals surface area contributed by atoms with Crippen LogP contribution in [0.4, 0.5) is 0 Å². The van der Waals surface area contributed by atoms with Crippen molar-refractivity contribution in [3.05, 3.63) is 34.9 Å². The molecule has 0 aromatic heterocycles. The van der Waals surface area contributed by atoms with Crippen LogP contribution < -0.4 is 16.0 Å². The van der Waals surface area contributed by atoms with E-state index in [9.17, 15) is 14.4 Å². The van der Waals surface area contributed by atoms with Gasteiger partial charge in [0.05, 0.1) is 0 Å². The lowest BCUT2D eigenvalue weighted by Gasteiger charge is -2.29. The molecule has 7 nitrogen and oxygen atoms in total. The normalized spacial score (nSPS) is 25.0. The van der Waals surface area contributed by atoms with E-state index in [1.165, 1.54) is 5.75 Å². The van der Waals surface area contributed by atoms with Crippen LogP contribution >= 0.6 is 11.8 Å². The zero-order valence-electron chi connectivity index (χ0n) is 15.8. The molecular formula is C20H26N4O3S. The highest BCUT2D eigenvalue weighted by atomic mass is 32.2. The van der Waals surface area contributed by atoms with Gasteiger partial charge in [-0.3, -0.25) is 19.7 Å². The van der Waals surface area contributed by atoms with E-state index in [0.717, 1.165) is 36.4 Å². The summed E-state index contributed by atoms with van der Waals surface area (Å²) in [5, 5.41) is 9.35. The van der Waals surface area contributed by atoms with Gasteiger partial charge in [0.2, 0.25) is 11.8 Å². The number of nitrogens with zero attached hydrogens (tertiary/aromatic N) is 1. The van der Waals surface area contributed by atoms with Crippen molar-refractivity contribution in [3.8, 4) is 0 Å². The Morgan fingerprint density at radius 3 is 2.93 bits per heavy atom. The lowest BCUT2D eigenvalue weighted by atomic mass is 10.0. The average molecular weight is 403 g/mol. The fraction of sp³-hybridized carbons (Fsp3) is 0.550. The molecule has 1 aromatic carbocycles. The van der Waals surface area contributed by atoms with Gasteiger partial charge < -0.3 is 15.5 Å². The third kappa shape index (κ3) is 4.09. The van der Waals surface area contributed by atoms with E-state index in [4.69, 9.17) is 0 Å². The maximum absolute atomic E-state index is 13.0. The first kappa shape index (κ1) is 19.4. The van der Waals surface area contributed by atoms with E-state index in [1.807, 2.05) is 30.0 Å². The first-order valence-corrected chi connectivity index (χ1v) is 11.1. The summed E-state index contributed by atoms with van der Waals surface area (Å²) in [5.74, 6) is 1.61. The molecule has 0 saturated carbocycles. The third-order valence-corrected chi connectivity index (χ3v) is 6.75. The summed E-state index contributed by atoms with van der Waals surface area (Å²) in [6, 6.07) is 5.89. The largest absolute Gasteiger partial charge is 0.322 e. The molecule has 3 amide bonds. The maximum Gasteiger partial charge on any atom is 0.255 e. The van der Waals surface area contributed by atoms with Crippen LogP contribution in [0.1, 0.15) is 40.7 Å². The Morgan fingerprint density at radius 1 is 1.25 bits per heavy atom. The van der Waals surface area contributed by atoms with Gasteiger partial charge in [-0.2, -0.15) is 11.8 Å². The van der Waals surface area contributed by atoms with Gasteiger partial charge in [-0.15, -0.1) is 0 Å². The SMILES string of the molecule is O=C1CCC(N2Cc3cccc(CNCCC4CSCCN4)c3C2=O)C(=O)N1. The highest BCUT2D eigenvalue weighted by Gasteiger charge is 2.39. The van der Waals surface area contributed by atoms with Gasteiger partial charge in [-0.05, 0) is 30.5 Å². The molecule has 3 N–H and O–H groups in total. The van der Waals surface area contributed by atoms with Gasteiger partial charge in [0, 0.05) is 49.2 Å². The van der Waals surface area contributed by atoms with Gasteiger partial charge in [0.25, 0.3) is 5.91 Å². The summed E-state index contributed by atoms with van der Waals surface area (Å²) in [7, 11) is 0. The van der Waals surface area contributed by atoms with E-state index >= 15 is 0 Å². The second-order valence-corrected chi connectivity index (χ2v) is 8.69. The molecule has 8 heteroatoms. The first-order chi connectivity index (χ1) is 13.6. The van der Waals surface area contributed by atoms with Crippen molar-refractivity contribution < 1.29 is 14.4 Å². The zero-order valence-corrected chi connectivity index (χ0v) is 16.6. The van der Waals surface area contributed by atoms with E-state index < -0.39 is 6.04 Å². The predicted molar refractivity (Wildman–Crippen MR) is 108 cm³/mol. The minimum absolute atomic E-state index is 0.104. The fourth-order valence-corrected chi connectivity index (χ4v) is 5.14. The van der Waals surface area contributed by atoms with E-state index in [-0.39, 0.29) is 24.1 Å². The molecule has 0 spiro atoms. The first-order valence-electron chi connectivity index (χ1n) is 9.91. The summed E-state index contributed by atoms with van der Waals surface area (Å²) in [4.78, 5) is 38.2. The summed E-state index contributed by atoms with van der Waals surface area (Å²) in [5.41, 5.74) is 2.65. The lowest BCUT2D eigenvalue weighted by Crippen LogP contribution is -2.52. The quantitative estimate of drug-likeness (QED) is 0.478. The molecule has 3 heterocycles. The van der Waals surface area contributed by atoms with E-state index in [1.54, 1.807) is 4.90 Å². The molecule has 150 valence electrons. The average Bonchev–Trinajstić information content (AvgIpc) is 3.03. The van der Waals surface area contributed by atoms with Crippen LogP contribution in [0.2, 0.25) is 0 Å². The predicted octanol–water partition coefficient (Wildman–Crippen LogP) is 0.632. The number of imide groups is 1. The smallest absolute Gasteiger partial charge is 0.255 e. The summed E-state index contributed by atoms with van der Waals surface area (Å²) < 4.78 is 0. The Kier molecular flexibility index (Phi) is 5.99. The number of carbonyl (C=O) groups excluding carboxylic acids is 3. The molecule has 0 bridgehead atoms. The molecule has 2 fully saturated rings. The molecule has 1 aromatic rings. The maximum atomic E-state index is 13.0. The Bertz CT molecular complexity index is 779. The number of nitrogens with one attached hydrogen (secondary N) is 3. The lowest BCUT2D eigenvalue weighted by molar-refractivity contribution is -0.136. The molecule has 2 atom stereocenters. The molecule has 0 radical (unpaired) electrons. The van der Waals surface area contributed by atoms with Gasteiger partial charge >= 0.3 is 0 Å². The molecule has 3 aliphatic rings. The Labute approximate surface area is 169 Å². The number of hydrogen-bond acceptors (Lipinski definition) is 6. The fourth-order valence-electron chi connectivity index (χ4n) is 4.14. The third-order valence-electron chi connectivity index (χ3n) is 5.62. The number of piperidine rings is 1. The van der Waals surface area contributed by atoms with Crippen LogP contribution in [-0.4, -0.2) is 59.3 Å². The molecule has 2 unspecified atom stereocenters. The van der Waals surface area contributed by atoms with Crippen molar-refractivity contribution in [1.29, 1.82) is 0 Å². The number of thioether (sulfide) groups is 1. The number of fused-ring (bicyclic) bond motifs is 1. The second-order valence-electron chi connectivity index (χ2n) is 7.54. The van der Waals surface area contributed by atoms with Crippen LogP contribution in [0.5, 0.6) is 0 Å². The molecule has 2 saturated heterocycles. The van der Waals surface area contributed by atoms with Crippen molar-refractivity contribution in [3.63, 3.8) is 0 Å². The number of benzene rings is 1. The van der Waals surface area contributed by atoms with Crippen LogP contribution in [0.15, 0.2) is 18.2 Å². The van der Waals surface area contributed by atoms with Crippen LogP contribution in [0.3, 0.4) is 0 Å². The highest BCUT2D eigenvalue weighted by Crippen LogP contribution is 2.29. The van der Waals surface area contributed by atoms with Gasteiger partial charge in [0.15, 0.2) is 0 Å². The summed E-state index contributed by atoms with van der Waals surface area (Å²) in [6.07, 6.45) is 1.74. The minimum Gasteiger partial charge on any atom is -0.322 e. The standard InChI is InChI=1S/C20H26N4O3S/c25-17-5-4-16(19(26)23-17)24-11-14-3-1-2-13(18(14)20(24)27)10-21-7-6-15-12-28-9-8-22-15/h1-3,15-16,21-22H,4-12H2,(H,23,25,26). The van der Waals surface area contributed by atoms with Gasteiger partial charge in [0.1, 0.15) is 6.04 Å². The van der Waals surface area contributed by atoms with Crippen molar-refractivity contribution in [2.75, 3.05) is 24.6 Å². The monoisotopic (exact) mass is 402 g/mol. The zero-order chi connectivity index (χ0) is 19.5. The number of carbonyl (C=O) groups is 3. The Morgan fingerprint density at radius 2 is 2.14 bits per heavy atom. The Balaban J connectivity index is 1.37.